The molecule has 10 heteroatoms. The van der Waals surface area contributed by atoms with E-state index in [1.54, 1.807) is 0 Å². The van der Waals surface area contributed by atoms with Crippen LogP contribution in [0, 0.1) is 13.8 Å². The minimum Gasteiger partial charge on any atom is -0.374 e. The number of anilines is 1. The van der Waals surface area contributed by atoms with Crippen molar-refractivity contribution in [1.82, 2.24) is 14.8 Å². The molecule has 2 aromatic heterocycles. The third kappa shape index (κ3) is 3.50. The van der Waals surface area contributed by atoms with Gasteiger partial charge in [-0.15, -0.1) is 10.2 Å². The van der Waals surface area contributed by atoms with Crippen molar-refractivity contribution in [3.63, 3.8) is 0 Å². The highest BCUT2D eigenvalue weighted by atomic mass is 32.2. The van der Waals surface area contributed by atoms with Gasteiger partial charge in [0.15, 0.2) is 20.0 Å². The molecule has 1 aliphatic heterocycles. The molecule has 3 rings (SSSR count). The van der Waals surface area contributed by atoms with Crippen LogP contribution in [0.4, 0.5) is 5.13 Å². The van der Waals surface area contributed by atoms with Crippen molar-refractivity contribution in [2.75, 3.05) is 23.0 Å². The van der Waals surface area contributed by atoms with E-state index < -0.39 is 9.84 Å². The fourth-order valence-electron chi connectivity index (χ4n) is 3.08. The van der Waals surface area contributed by atoms with Crippen LogP contribution in [-0.4, -0.2) is 46.2 Å². The Balaban J connectivity index is 1.77. The number of rotatable bonds is 5. The molecule has 0 radical (unpaired) electrons. The van der Waals surface area contributed by atoms with Crippen LogP contribution < -0.4 is 5.73 Å². The summed E-state index contributed by atoms with van der Waals surface area (Å²) in [6, 6.07) is 1.77. The van der Waals surface area contributed by atoms with Gasteiger partial charge in [0.1, 0.15) is 0 Å². The van der Waals surface area contributed by atoms with E-state index in [9.17, 15) is 13.2 Å². The number of thioether (sulfide) groups is 1. The molecule has 1 fully saturated rings. The van der Waals surface area contributed by atoms with Crippen LogP contribution in [0.25, 0.3) is 0 Å². The molecular formula is C14H18N4O3S3. The number of Topliss-reactive ketones (excluding diaryl/α,β-unsaturated/α-hetero) is 1. The SMILES string of the molecule is Cc1cc(C(=O)CSc2nnc(N)s2)c(C)n1[C@@H]1CCS(=O)(=O)C1. The molecule has 0 spiro atoms. The largest absolute Gasteiger partial charge is 0.374 e. The second kappa shape index (κ2) is 6.49. The second-order valence-corrected chi connectivity index (χ2v) is 10.3. The quantitative estimate of drug-likeness (QED) is 0.617. The summed E-state index contributed by atoms with van der Waals surface area (Å²) in [5.41, 5.74) is 7.92. The summed E-state index contributed by atoms with van der Waals surface area (Å²) in [7, 11) is -2.97. The Morgan fingerprint density at radius 2 is 2.21 bits per heavy atom. The highest BCUT2D eigenvalue weighted by Gasteiger charge is 2.31. The Bertz CT molecular complexity index is 885. The number of aryl methyl sites for hydroxylation is 1. The lowest BCUT2D eigenvalue weighted by Gasteiger charge is -2.16. The van der Waals surface area contributed by atoms with Gasteiger partial charge in [-0.05, 0) is 26.3 Å². The summed E-state index contributed by atoms with van der Waals surface area (Å²) in [6.45, 7) is 3.78. The summed E-state index contributed by atoms with van der Waals surface area (Å²) in [5.74, 6) is 0.610. The van der Waals surface area contributed by atoms with Gasteiger partial charge in [0, 0.05) is 23.0 Å². The first kappa shape index (κ1) is 17.4. The summed E-state index contributed by atoms with van der Waals surface area (Å²) in [4.78, 5) is 12.5. The Morgan fingerprint density at radius 3 is 2.79 bits per heavy atom. The van der Waals surface area contributed by atoms with Gasteiger partial charge in [0.2, 0.25) is 5.13 Å². The number of ketones is 1. The fraction of sp³-hybridized carbons (Fsp3) is 0.500. The molecule has 0 aromatic carbocycles. The molecule has 2 N–H and O–H groups in total. The summed E-state index contributed by atoms with van der Waals surface area (Å²) in [5, 5.41) is 7.99. The molecule has 24 heavy (non-hydrogen) atoms. The van der Waals surface area contributed by atoms with Crippen LogP contribution in [0.15, 0.2) is 10.4 Å². The van der Waals surface area contributed by atoms with Gasteiger partial charge in [0.05, 0.1) is 17.3 Å². The van der Waals surface area contributed by atoms with Crippen LogP contribution in [0.3, 0.4) is 0 Å². The van der Waals surface area contributed by atoms with Crippen molar-refractivity contribution < 1.29 is 13.2 Å². The normalized spacial score (nSPS) is 19.7. The van der Waals surface area contributed by atoms with E-state index in [2.05, 4.69) is 10.2 Å². The molecule has 0 aliphatic carbocycles. The lowest BCUT2D eigenvalue weighted by molar-refractivity contribution is 0.102. The summed E-state index contributed by atoms with van der Waals surface area (Å²) >= 11 is 2.56. The number of hydrogen-bond acceptors (Lipinski definition) is 8. The molecule has 1 atom stereocenters. The molecule has 130 valence electrons. The van der Waals surface area contributed by atoms with Crippen molar-refractivity contribution in [3.05, 3.63) is 23.0 Å². The van der Waals surface area contributed by atoms with Crippen LogP contribution in [0.2, 0.25) is 0 Å². The third-order valence-electron chi connectivity index (χ3n) is 4.11. The number of hydrogen-bond donors (Lipinski definition) is 1. The summed E-state index contributed by atoms with van der Waals surface area (Å²) in [6.07, 6.45) is 0.602. The minimum absolute atomic E-state index is 0.00558. The zero-order valence-corrected chi connectivity index (χ0v) is 15.8. The van der Waals surface area contributed by atoms with E-state index in [0.717, 1.165) is 11.4 Å². The van der Waals surface area contributed by atoms with Gasteiger partial charge in [-0.3, -0.25) is 4.79 Å². The van der Waals surface area contributed by atoms with Gasteiger partial charge < -0.3 is 10.3 Å². The van der Waals surface area contributed by atoms with E-state index in [0.29, 0.717) is 21.5 Å². The average Bonchev–Trinajstić information content (AvgIpc) is 3.15. The molecule has 0 amide bonds. The molecule has 0 saturated carbocycles. The van der Waals surface area contributed by atoms with Gasteiger partial charge in [-0.1, -0.05) is 23.1 Å². The van der Waals surface area contributed by atoms with E-state index in [1.807, 2.05) is 24.5 Å². The van der Waals surface area contributed by atoms with E-state index in [-0.39, 0.29) is 29.1 Å². The second-order valence-electron chi connectivity index (χ2n) is 5.83. The number of nitrogen functional groups attached to an aromatic ring is 1. The third-order valence-corrected chi connectivity index (χ3v) is 7.74. The highest BCUT2D eigenvalue weighted by Crippen LogP contribution is 2.30. The maximum absolute atomic E-state index is 12.5. The van der Waals surface area contributed by atoms with E-state index in [1.165, 1.54) is 23.1 Å². The molecule has 7 nitrogen and oxygen atoms in total. The lowest BCUT2D eigenvalue weighted by Crippen LogP contribution is -2.14. The first-order chi connectivity index (χ1) is 11.3. The number of sulfone groups is 1. The predicted molar refractivity (Wildman–Crippen MR) is 95.6 cm³/mol. The van der Waals surface area contributed by atoms with Crippen molar-refractivity contribution in [2.45, 2.75) is 30.6 Å². The Hall–Kier alpha value is -1.39. The first-order valence-corrected chi connectivity index (χ1v) is 11.0. The number of carbonyl (C=O) groups excluding carboxylic acids is 1. The lowest BCUT2D eigenvalue weighted by atomic mass is 10.2. The molecule has 2 aromatic rings. The number of carbonyl (C=O) groups is 1. The van der Waals surface area contributed by atoms with Crippen LogP contribution in [0.5, 0.6) is 0 Å². The Morgan fingerprint density at radius 1 is 1.46 bits per heavy atom. The van der Waals surface area contributed by atoms with Gasteiger partial charge in [-0.2, -0.15) is 0 Å². The van der Waals surface area contributed by atoms with Crippen LogP contribution in [0.1, 0.15) is 34.2 Å². The first-order valence-electron chi connectivity index (χ1n) is 7.40. The zero-order chi connectivity index (χ0) is 17.5. The molecule has 1 saturated heterocycles. The monoisotopic (exact) mass is 386 g/mol. The number of nitrogens with zero attached hydrogens (tertiary/aromatic N) is 3. The van der Waals surface area contributed by atoms with Crippen LogP contribution >= 0.6 is 23.1 Å². The molecule has 1 aliphatic rings. The van der Waals surface area contributed by atoms with Gasteiger partial charge in [0.25, 0.3) is 0 Å². The van der Waals surface area contributed by atoms with Gasteiger partial charge >= 0.3 is 0 Å². The minimum atomic E-state index is -2.97. The maximum Gasteiger partial charge on any atom is 0.203 e. The number of nitrogens with two attached hydrogens (primary N) is 1. The molecule has 0 unspecified atom stereocenters. The molecule has 0 bridgehead atoms. The van der Waals surface area contributed by atoms with Crippen LogP contribution in [-0.2, 0) is 9.84 Å². The Labute approximate surface area is 148 Å². The van der Waals surface area contributed by atoms with E-state index >= 15 is 0 Å². The highest BCUT2D eigenvalue weighted by molar-refractivity contribution is 8.01. The van der Waals surface area contributed by atoms with Gasteiger partial charge in [-0.25, -0.2) is 8.42 Å². The Kier molecular flexibility index (Phi) is 4.71. The predicted octanol–water partition coefficient (Wildman–Crippen LogP) is 1.87. The fourth-order valence-corrected chi connectivity index (χ4v) is 6.30. The molecule has 3 heterocycles. The van der Waals surface area contributed by atoms with Crippen molar-refractivity contribution in [3.8, 4) is 0 Å². The molecular weight excluding hydrogens is 368 g/mol. The van der Waals surface area contributed by atoms with Crippen molar-refractivity contribution >= 4 is 43.9 Å². The average molecular weight is 387 g/mol. The van der Waals surface area contributed by atoms with Crippen molar-refractivity contribution in [2.24, 2.45) is 0 Å². The standard InChI is InChI=1S/C14H18N4O3S3/c1-8-5-11(12(19)6-22-14-17-16-13(15)23-14)9(2)18(8)10-3-4-24(20,21)7-10/h5,10H,3-4,6-7H2,1-2H3,(H2,15,16)/t10-/m1/s1. The van der Waals surface area contributed by atoms with E-state index in [4.69, 9.17) is 5.73 Å². The zero-order valence-electron chi connectivity index (χ0n) is 13.4. The smallest absolute Gasteiger partial charge is 0.203 e. The number of aromatic nitrogens is 3. The van der Waals surface area contributed by atoms with Crippen molar-refractivity contribution in [1.29, 1.82) is 0 Å². The summed E-state index contributed by atoms with van der Waals surface area (Å²) < 4.78 is 26.1. The topological polar surface area (TPSA) is 108 Å². The maximum atomic E-state index is 12.5.